The molecule has 0 rings (SSSR count). The molecule has 0 saturated carbocycles. The molecule has 0 aromatic carbocycles. The quantitative estimate of drug-likeness (QED) is 0.350. The Kier molecular flexibility index (Phi) is 3.87. The van der Waals surface area contributed by atoms with Crippen LogP contribution < -0.4 is 0 Å². The molecule has 0 aromatic rings. The van der Waals surface area contributed by atoms with Crippen LogP contribution in [0.3, 0.4) is 0 Å². The van der Waals surface area contributed by atoms with Gasteiger partial charge in [0.05, 0.1) is 0 Å². The van der Waals surface area contributed by atoms with E-state index in [4.69, 9.17) is 5.11 Å². The van der Waals surface area contributed by atoms with Gasteiger partial charge in [-0.05, 0) is 6.42 Å². The van der Waals surface area contributed by atoms with Crippen molar-refractivity contribution in [3.8, 4) is 0 Å². The molecule has 0 saturated heterocycles. The van der Waals surface area contributed by atoms with Gasteiger partial charge in [-0.3, -0.25) is 14.4 Å². The third-order valence-corrected chi connectivity index (χ3v) is 1.16. The summed E-state index contributed by atoms with van der Waals surface area (Å²) in [5.41, 5.74) is 0. The predicted molar refractivity (Wildman–Crippen MR) is 33.6 cm³/mol. The Hall–Kier alpha value is -1.39. The highest BCUT2D eigenvalue weighted by Gasteiger charge is 2.25. The maximum atomic E-state index is 10.6. The zero-order chi connectivity index (χ0) is 8.85. The maximum Gasteiger partial charge on any atom is 0.327 e. The Labute approximate surface area is 63.0 Å². The number of ether oxygens (including phenoxy) is 1. The lowest BCUT2D eigenvalue weighted by Gasteiger charge is -2.03. The van der Waals surface area contributed by atoms with Crippen LogP contribution in [0.5, 0.6) is 0 Å². The lowest BCUT2D eigenvalue weighted by Crippen LogP contribution is -2.24. The van der Waals surface area contributed by atoms with Crippen LogP contribution in [-0.2, 0) is 19.1 Å². The zero-order valence-electron chi connectivity index (χ0n) is 5.94. The lowest BCUT2D eigenvalue weighted by molar-refractivity contribution is -0.161. The van der Waals surface area contributed by atoms with Crippen LogP contribution in [-0.4, -0.2) is 23.5 Å². The van der Waals surface area contributed by atoms with Crippen LogP contribution >= 0.6 is 0 Å². The lowest BCUT2D eigenvalue weighted by atomic mass is 10.1. The van der Waals surface area contributed by atoms with Crippen LogP contribution in [0.4, 0.5) is 0 Å². The number of carboxylic acids is 1. The number of aliphatic carboxylic acids is 1. The minimum absolute atomic E-state index is 0.0755. The van der Waals surface area contributed by atoms with Gasteiger partial charge in [0.2, 0.25) is 0 Å². The summed E-state index contributed by atoms with van der Waals surface area (Å²) >= 11 is 0. The van der Waals surface area contributed by atoms with Crippen LogP contribution in [0, 0.1) is 5.92 Å². The number of carboxylic acid groups (broad SMARTS) is 1. The van der Waals surface area contributed by atoms with Crippen molar-refractivity contribution < 1.29 is 24.2 Å². The van der Waals surface area contributed by atoms with Crippen molar-refractivity contribution in [1.29, 1.82) is 0 Å². The van der Waals surface area contributed by atoms with Crippen molar-refractivity contribution in [3.63, 3.8) is 0 Å². The highest BCUT2D eigenvalue weighted by atomic mass is 16.6. The molecule has 0 spiro atoms. The van der Waals surface area contributed by atoms with E-state index in [0.717, 1.165) is 0 Å². The van der Waals surface area contributed by atoms with Gasteiger partial charge in [0.25, 0.3) is 0 Å². The first-order valence-corrected chi connectivity index (χ1v) is 3.00. The minimum Gasteiger partial charge on any atom is -0.481 e. The molecule has 62 valence electrons. The maximum absolute atomic E-state index is 10.6. The first-order chi connectivity index (χ1) is 5.13. The van der Waals surface area contributed by atoms with E-state index < -0.39 is 17.9 Å². The second-order valence-corrected chi connectivity index (χ2v) is 1.83. The van der Waals surface area contributed by atoms with Crippen molar-refractivity contribution in [2.75, 3.05) is 0 Å². The summed E-state index contributed by atoms with van der Waals surface area (Å²) in [5.74, 6) is -3.53. The first kappa shape index (κ1) is 9.61. The van der Waals surface area contributed by atoms with Crippen LogP contribution in [0.15, 0.2) is 0 Å². The van der Waals surface area contributed by atoms with Crippen molar-refractivity contribution >= 4 is 18.4 Å². The molecule has 0 radical (unpaired) electrons. The molecule has 0 heterocycles. The van der Waals surface area contributed by atoms with Crippen molar-refractivity contribution in [2.24, 2.45) is 5.92 Å². The van der Waals surface area contributed by atoms with Gasteiger partial charge in [0.1, 0.15) is 0 Å². The van der Waals surface area contributed by atoms with Crippen molar-refractivity contribution in [1.82, 2.24) is 0 Å². The topological polar surface area (TPSA) is 80.7 Å². The summed E-state index contributed by atoms with van der Waals surface area (Å²) in [6, 6.07) is 0. The average Bonchev–Trinajstić information content (AvgIpc) is 1.88. The second-order valence-electron chi connectivity index (χ2n) is 1.83. The molecular formula is C6H8O5. The number of hydrogen-bond acceptors (Lipinski definition) is 4. The monoisotopic (exact) mass is 160 g/mol. The van der Waals surface area contributed by atoms with Crippen LogP contribution in [0.2, 0.25) is 0 Å². The Bertz CT molecular complexity index is 174. The van der Waals surface area contributed by atoms with Crippen LogP contribution in [0.1, 0.15) is 13.3 Å². The Morgan fingerprint density at radius 1 is 1.64 bits per heavy atom. The van der Waals surface area contributed by atoms with Gasteiger partial charge in [-0.1, -0.05) is 6.92 Å². The van der Waals surface area contributed by atoms with Gasteiger partial charge >= 0.3 is 18.4 Å². The fourth-order valence-electron chi connectivity index (χ4n) is 0.572. The van der Waals surface area contributed by atoms with Gasteiger partial charge in [-0.15, -0.1) is 0 Å². The normalized spacial score (nSPS) is 11.7. The van der Waals surface area contributed by atoms with Crippen LogP contribution in [0.25, 0.3) is 0 Å². The molecule has 5 heteroatoms. The number of esters is 1. The molecule has 5 nitrogen and oxygen atoms in total. The van der Waals surface area contributed by atoms with E-state index in [0.29, 0.717) is 0 Å². The fourth-order valence-corrected chi connectivity index (χ4v) is 0.572. The molecule has 11 heavy (non-hydrogen) atoms. The van der Waals surface area contributed by atoms with E-state index in [1.54, 1.807) is 0 Å². The van der Waals surface area contributed by atoms with E-state index in [1.807, 2.05) is 0 Å². The van der Waals surface area contributed by atoms with E-state index >= 15 is 0 Å². The summed E-state index contributed by atoms with van der Waals surface area (Å²) in [6.45, 7) is 1.44. The predicted octanol–water partition coefficient (Wildman–Crippen LogP) is -0.203. The molecule has 1 N–H and O–H groups in total. The van der Waals surface area contributed by atoms with E-state index in [1.165, 1.54) is 6.92 Å². The Balaban J connectivity index is 4.13. The summed E-state index contributed by atoms with van der Waals surface area (Å²) in [6.07, 6.45) is 0.113. The summed E-state index contributed by atoms with van der Waals surface area (Å²) in [4.78, 5) is 30.4. The molecule has 0 bridgehead atoms. The standard InChI is InChI=1S/C6H8O5/c1-2-4(5(8)9)6(10)11-3-7/h3-4H,2H2,1H3,(H,8,9). The molecule has 0 aliphatic heterocycles. The molecule has 1 atom stereocenters. The molecular weight excluding hydrogens is 152 g/mol. The molecule has 0 aromatic heterocycles. The van der Waals surface area contributed by atoms with E-state index in [-0.39, 0.29) is 12.9 Å². The van der Waals surface area contributed by atoms with Gasteiger partial charge in [0, 0.05) is 0 Å². The second kappa shape index (κ2) is 4.43. The summed E-state index contributed by atoms with van der Waals surface area (Å²) in [5, 5.41) is 8.35. The van der Waals surface area contributed by atoms with Gasteiger partial charge in [-0.2, -0.15) is 0 Å². The SMILES string of the molecule is CCC(C(=O)O)C(=O)OC=O. The van der Waals surface area contributed by atoms with Crippen molar-refractivity contribution in [3.05, 3.63) is 0 Å². The zero-order valence-corrected chi connectivity index (χ0v) is 5.94. The molecule has 0 aliphatic carbocycles. The molecule has 0 fully saturated rings. The van der Waals surface area contributed by atoms with Crippen molar-refractivity contribution in [2.45, 2.75) is 13.3 Å². The number of hydrogen-bond donors (Lipinski definition) is 1. The fraction of sp³-hybridized carbons (Fsp3) is 0.500. The number of carbonyl (C=O) groups is 3. The highest BCUT2D eigenvalue weighted by molar-refractivity contribution is 5.95. The van der Waals surface area contributed by atoms with E-state index in [2.05, 4.69) is 4.74 Å². The highest BCUT2D eigenvalue weighted by Crippen LogP contribution is 2.03. The third-order valence-electron chi connectivity index (χ3n) is 1.16. The Morgan fingerprint density at radius 3 is 2.45 bits per heavy atom. The molecule has 0 aliphatic rings. The largest absolute Gasteiger partial charge is 0.481 e. The van der Waals surface area contributed by atoms with Gasteiger partial charge in [-0.25, -0.2) is 0 Å². The Morgan fingerprint density at radius 2 is 2.18 bits per heavy atom. The van der Waals surface area contributed by atoms with Gasteiger partial charge < -0.3 is 9.84 Å². The molecule has 1 unspecified atom stereocenters. The van der Waals surface area contributed by atoms with Gasteiger partial charge in [0.15, 0.2) is 5.92 Å². The molecule has 0 amide bonds. The number of carbonyl (C=O) groups excluding carboxylic acids is 2. The minimum atomic E-state index is -1.28. The average molecular weight is 160 g/mol. The third kappa shape index (κ3) is 2.79. The first-order valence-electron chi connectivity index (χ1n) is 3.00. The summed E-state index contributed by atoms with van der Waals surface area (Å²) in [7, 11) is 0. The summed E-state index contributed by atoms with van der Waals surface area (Å²) < 4.78 is 3.86. The smallest absolute Gasteiger partial charge is 0.327 e. The number of rotatable bonds is 4. The van der Waals surface area contributed by atoms with E-state index in [9.17, 15) is 14.4 Å².